The maximum Gasteiger partial charge on any atom is 0.335 e. The molecule has 3 nitrogen and oxygen atoms in total. The normalized spacial score (nSPS) is 10.1. The number of carbonyl (C=O) groups is 1. The van der Waals surface area contributed by atoms with E-state index in [9.17, 15) is 4.79 Å². The van der Waals surface area contributed by atoms with Gasteiger partial charge in [-0.3, -0.25) is 0 Å². The molecule has 0 atom stereocenters. The predicted octanol–water partition coefficient (Wildman–Crippen LogP) is 3.85. The summed E-state index contributed by atoms with van der Waals surface area (Å²) in [5, 5.41) is 12.0. The van der Waals surface area contributed by atoms with Gasteiger partial charge < -0.3 is 10.4 Å². The summed E-state index contributed by atoms with van der Waals surface area (Å²) in [4.78, 5) is 11.9. The molecule has 92 valence electrons. The number of hydrogen-bond donors (Lipinski definition) is 2. The molecule has 2 rings (SSSR count). The fourth-order valence-corrected chi connectivity index (χ4v) is 1.95. The summed E-state index contributed by atoms with van der Waals surface area (Å²) in [6.07, 6.45) is 2.03. The minimum absolute atomic E-state index is 0.290. The van der Waals surface area contributed by atoms with Crippen LogP contribution in [0.4, 0.5) is 11.4 Å². The molecule has 0 aromatic heterocycles. The van der Waals surface area contributed by atoms with Crippen molar-refractivity contribution in [2.75, 3.05) is 11.6 Å². The molecule has 0 spiro atoms. The van der Waals surface area contributed by atoms with Crippen LogP contribution in [-0.2, 0) is 0 Å². The molecule has 0 heterocycles. The van der Waals surface area contributed by atoms with Crippen molar-refractivity contribution < 1.29 is 9.90 Å². The second-order valence-corrected chi connectivity index (χ2v) is 4.62. The quantitative estimate of drug-likeness (QED) is 0.819. The summed E-state index contributed by atoms with van der Waals surface area (Å²) in [6.45, 7) is 0. The van der Waals surface area contributed by atoms with Crippen molar-refractivity contribution in [1.82, 2.24) is 0 Å². The third kappa shape index (κ3) is 3.05. The van der Waals surface area contributed by atoms with Crippen LogP contribution < -0.4 is 5.32 Å². The molecule has 2 aromatic rings. The van der Waals surface area contributed by atoms with Gasteiger partial charge >= 0.3 is 5.97 Å². The molecule has 0 fully saturated rings. The predicted molar refractivity (Wildman–Crippen MR) is 74.9 cm³/mol. The summed E-state index contributed by atoms with van der Waals surface area (Å²) < 4.78 is 0. The Labute approximate surface area is 110 Å². The zero-order valence-electron chi connectivity index (χ0n) is 9.88. The Balaban J connectivity index is 2.10. The molecule has 0 bridgehead atoms. The van der Waals surface area contributed by atoms with Crippen molar-refractivity contribution in [3.8, 4) is 0 Å². The van der Waals surface area contributed by atoms with Gasteiger partial charge in [-0.25, -0.2) is 4.79 Å². The highest BCUT2D eigenvalue weighted by molar-refractivity contribution is 7.98. The van der Waals surface area contributed by atoms with Gasteiger partial charge in [0.2, 0.25) is 0 Å². The van der Waals surface area contributed by atoms with E-state index in [0.717, 1.165) is 11.4 Å². The number of anilines is 2. The lowest BCUT2D eigenvalue weighted by atomic mass is 10.2. The molecule has 18 heavy (non-hydrogen) atoms. The topological polar surface area (TPSA) is 49.3 Å². The highest BCUT2D eigenvalue weighted by Crippen LogP contribution is 2.21. The van der Waals surface area contributed by atoms with Crippen LogP contribution in [-0.4, -0.2) is 17.3 Å². The van der Waals surface area contributed by atoms with Crippen molar-refractivity contribution in [1.29, 1.82) is 0 Å². The molecule has 0 amide bonds. The van der Waals surface area contributed by atoms with Crippen molar-refractivity contribution in [2.45, 2.75) is 4.90 Å². The van der Waals surface area contributed by atoms with E-state index in [1.807, 2.05) is 30.5 Å². The molecule has 0 saturated carbocycles. The van der Waals surface area contributed by atoms with Crippen LogP contribution >= 0.6 is 11.8 Å². The van der Waals surface area contributed by atoms with E-state index in [0.29, 0.717) is 5.56 Å². The van der Waals surface area contributed by atoms with Gasteiger partial charge in [-0.15, -0.1) is 11.8 Å². The van der Waals surface area contributed by atoms with Crippen LogP contribution in [0.15, 0.2) is 53.4 Å². The first-order valence-corrected chi connectivity index (χ1v) is 6.66. The molecule has 4 heteroatoms. The minimum Gasteiger partial charge on any atom is -0.478 e. The van der Waals surface area contributed by atoms with Gasteiger partial charge in [0.1, 0.15) is 0 Å². The Kier molecular flexibility index (Phi) is 3.89. The van der Waals surface area contributed by atoms with Crippen LogP contribution in [0.2, 0.25) is 0 Å². The molecule has 0 aliphatic carbocycles. The van der Waals surface area contributed by atoms with Crippen LogP contribution in [0, 0.1) is 0 Å². The van der Waals surface area contributed by atoms with Gasteiger partial charge in [-0.1, -0.05) is 0 Å². The number of aromatic carboxylic acids is 1. The second kappa shape index (κ2) is 5.60. The fraction of sp³-hybridized carbons (Fsp3) is 0.0714. The smallest absolute Gasteiger partial charge is 0.335 e. The van der Waals surface area contributed by atoms with Crippen LogP contribution in [0.1, 0.15) is 10.4 Å². The maximum atomic E-state index is 10.7. The number of nitrogens with one attached hydrogen (secondary N) is 1. The fourth-order valence-electron chi connectivity index (χ4n) is 1.54. The third-order valence-corrected chi connectivity index (χ3v) is 3.25. The molecule has 0 saturated heterocycles. The molecule has 2 aromatic carbocycles. The zero-order valence-corrected chi connectivity index (χ0v) is 10.7. The van der Waals surface area contributed by atoms with Gasteiger partial charge in [-0.05, 0) is 54.8 Å². The second-order valence-electron chi connectivity index (χ2n) is 3.74. The van der Waals surface area contributed by atoms with E-state index >= 15 is 0 Å². The summed E-state index contributed by atoms with van der Waals surface area (Å²) in [6, 6.07) is 14.8. The molecule has 0 unspecified atom stereocenters. The Morgan fingerprint density at radius 2 is 1.50 bits per heavy atom. The maximum absolute atomic E-state index is 10.7. The number of benzene rings is 2. The van der Waals surface area contributed by atoms with E-state index < -0.39 is 5.97 Å². The minimum atomic E-state index is -0.911. The molecular weight excluding hydrogens is 246 g/mol. The van der Waals surface area contributed by atoms with E-state index in [-0.39, 0.29) is 0 Å². The summed E-state index contributed by atoms with van der Waals surface area (Å²) in [7, 11) is 0. The number of hydrogen-bond acceptors (Lipinski definition) is 3. The number of carboxylic acids is 1. The van der Waals surface area contributed by atoms with Crippen molar-refractivity contribution in [3.05, 3.63) is 54.1 Å². The first kappa shape index (κ1) is 12.5. The van der Waals surface area contributed by atoms with E-state index in [1.54, 1.807) is 36.0 Å². The Hall–Kier alpha value is -1.94. The lowest BCUT2D eigenvalue weighted by Gasteiger charge is -2.07. The lowest BCUT2D eigenvalue weighted by Crippen LogP contribution is -1.96. The standard InChI is InChI=1S/C14H13NO2S/c1-18-13-8-6-12(7-9-13)15-11-4-2-10(3-5-11)14(16)17/h2-9,15H,1H3,(H,16,17). The van der Waals surface area contributed by atoms with Gasteiger partial charge in [0.15, 0.2) is 0 Å². The number of carboxylic acid groups (broad SMARTS) is 1. The average molecular weight is 259 g/mol. The van der Waals surface area contributed by atoms with Gasteiger partial charge in [0.05, 0.1) is 5.56 Å². The first-order valence-electron chi connectivity index (χ1n) is 5.43. The van der Waals surface area contributed by atoms with Crippen molar-refractivity contribution in [2.24, 2.45) is 0 Å². The van der Waals surface area contributed by atoms with E-state index in [1.165, 1.54) is 4.90 Å². The highest BCUT2D eigenvalue weighted by atomic mass is 32.2. The summed E-state index contributed by atoms with van der Waals surface area (Å²) >= 11 is 1.70. The molecular formula is C14H13NO2S. The number of thioether (sulfide) groups is 1. The molecule has 0 aliphatic heterocycles. The van der Waals surface area contributed by atoms with Crippen LogP contribution in [0.5, 0.6) is 0 Å². The highest BCUT2D eigenvalue weighted by Gasteiger charge is 2.01. The van der Waals surface area contributed by atoms with Gasteiger partial charge in [0, 0.05) is 16.3 Å². The average Bonchev–Trinajstić information content (AvgIpc) is 2.40. The summed E-state index contributed by atoms with van der Waals surface area (Å²) in [5.41, 5.74) is 2.14. The molecule has 0 radical (unpaired) electrons. The van der Waals surface area contributed by atoms with Crippen LogP contribution in [0.25, 0.3) is 0 Å². The largest absolute Gasteiger partial charge is 0.478 e. The Morgan fingerprint density at radius 1 is 1.00 bits per heavy atom. The Bertz CT molecular complexity index is 535. The summed E-state index contributed by atoms with van der Waals surface area (Å²) in [5.74, 6) is -0.911. The molecule has 0 aliphatic rings. The number of rotatable bonds is 4. The lowest BCUT2D eigenvalue weighted by molar-refractivity contribution is 0.0697. The SMILES string of the molecule is CSc1ccc(Nc2ccc(C(=O)O)cc2)cc1. The van der Waals surface area contributed by atoms with Gasteiger partial charge in [0.25, 0.3) is 0 Å². The monoisotopic (exact) mass is 259 g/mol. The van der Waals surface area contributed by atoms with E-state index in [4.69, 9.17) is 5.11 Å². The van der Waals surface area contributed by atoms with Gasteiger partial charge in [-0.2, -0.15) is 0 Å². The zero-order chi connectivity index (χ0) is 13.0. The van der Waals surface area contributed by atoms with Crippen molar-refractivity contribution >= 4 is 29.1 Å². The van der Waals surface area contributed by atoms with E-state index in [2.05, 4.69) is 5.32 Å². The molecule has 2 N–H and O–H groups in total. The van der Waals surface area contributed by atoms with Crippen LogP contribution in [0.3, 0.4) is 0 Å². The third-order valence-electron chi connectivity index (χ3n) is 2.51. The Morgan fingerprint density at radius 3 is 1.94 bits per heavy atom. The van der Waals surface area contributed by atoms with Crippen molar-refractivity contribution in [3.63, 3.8) is 0 Å². The first-order chi connectivity index (χ1) is 8.69.